The summed E-state index contributed by atoms with van der Waals surface area (Å²) in [6.07, 6.45) is -1.40. The number of methoxy groups -OCH3 is 1. The summed E-state index contributed by atoms with van der Waals surface area (Å²) in [5.74, 6) is -3.27. The first kappa shape index (κ1) is 23.4. The fourth-order valence-electron chi connectivity index (χ4n) is 2.69. The van der Waals surface area contributed by atoms with Crippen LogP contribution in [0, 0.1) is 11.6 Å². The minimum absolute atomic E-state index is 0.0285. The highest BCUT2D eigenvalue weighted by Crippen LogP contribution is 2.22. The van der Waals surface area contributed by atoms with Crippen molar-refractivity contribution in [3.63, 3.8) is 0 Å². The van der Waals surface area contributed by atoms with Crippen molar-refractivity contribution in [1.82, 2.24) is 19.8 Å². The molecule has 0 fully saturated rings. The van der Waals surface area contributed by atoms with Gasteiger partial charge in [-0.1, -0.05) is 6.07 Å². The van der Waals surface area contributed by atoms with Crippen LogP contribution in [-0.4, -0.2) is 52.1 Å². The summed E-state index contributed by atoms with van der Waals surface area (Å²) in [4.78, 5) is 27.1. The lowest BCUT2D eigenvalue weighted by molar-refractivity contribution is -0.117. The maximum absolute atomic E-state index is 13.8. The number of nitrogens with one attached hydrogen (secondary N) is 1. The number of hydrogen-bond donors (Lipinski definition) is 1. The van der Waals surface area contributed by atoms with E-state index in [1.54, 1.807) is 0 Å². The molecule has 2 amide bonds. The molecule has 0 saturated carbocycles. The molecule has 172 valence electrons. The molecule has 0 aliphatic heterocycles. The second-order valence-electron chi connectivity index (χ2n) is 6.41. The van der Waals surface area contributed by atoms with Gasteiger partial charge < -0.3 is 10.1 Å². The van der Waals surface area contributed by atoms with E-state index < -0.39 is 35.2 Å². The predicted octanol–water partition coefficient (Wildman–Crippen LogP) is 3.13. The van der Waals surface area contributed by atoms with Gasteiger partial charge in [-0.15, -0.1) is 5.10 Å². The third kappa shape index (κ3) is 5.14. The number of hydrogen-bond acceptors (Lipinski definition) is 6. The van der Waals surface area contributed by atoms with Crippen molar-refractivity contribution in [2.75, 3.05) is 19.5 Å². The van der Waals surface area contributed by atoms with E-state index in [0.29, 0.717) is 6.41 Å². The van der Waals surface area contributed by atoms with Gasteiger partial charge in [0.15, 0.2) is 5.82 Å². The first-order valence-electron chi connectivity index (χ1n) is 9.16. The molecule has 3 rings (SSSR count). The van der Waals surface area contributed by atoms with Crippen molar-refractivity contribution in [1.29, 1.82) is 0 Å². The Kier molecular flexibility index (Phi) is 7.00. The molecule has 1 N–H and O–H groups in total. The summed E-state index contributed by atoms with van der Waals surface area (Å²) < 4.78 is 60.2. The minimum atomic E-state index is -2.92. The number of ether oxygens (including phenoxy) is 1. The normalized spacial score (nSPS) is 11.4. The summed E-state index contributed by atoms with van der Waals surface area (Å²) in [6.45, 7) is 0. The van der Waals surface area contributed by atoms with Crippen LogP contribution in [0.1, 0.15) is 28.2 Å². The zero-order valence-electron chi connectivity index (χ0n) is 17.2. The Morgan fingerprint density at radius 3 is 2.48 bits per heavy atom. The van der Waals surface area contributed by atoms with Gasteiger partial charge in [0.1, 0.15) is 28.6 Å². The van der Waals surface area contributed by atoms with Crippen LogP contribution in [0.3, 0.4) is 0 Å². The van der Waals surface area contributed by atoms with Gasteiger partial charge in [0, 0.05) is 7.05 Å². The van der Waals surface area contributed by atoms with E-state index in [4.69, 9.17) is 4.74 Å². The molecular formula is C20H16F4N6O3. The summed E-state index contributed by atoms with van der Waals surface area (Å²) in [5, 5.41) is 10.8. The van der Waals surface area contributed by atoms with Gasteiger partial charge in [-0.25, -0.2) is 32.2 Å². The molecule has 0 atom stereocenters. The number of carbonyl (C=O) groups excluding carboxylic acids is 2. The quantitative estimate of drug-likeness (QED) is 0.190. The lowest BCUT2D eigenvalue weighted by Gasteiger charge is -2.11. The van der Waals surface area contributed by atoms with Crippen molar-refractivity contribution in [2.45, 2.75) is 6.43 Å². The number of benzene rings is 1. The lowest BCUT2D eigenvalue weighted by atomic mass is 10.2. The summed E-state index contributed by atoms with van der Waals surface area (Å²) >= 11 is 0. The Bertz CT molecular complexity index is 1180. The molecule has 0 saturated heterocycles. The molecule has 0 bridgehead atoms. The molecule has 2 aromatic heterocycles. The SMILES string of the molecule is CO/C(=N\N(C)C=O)c1cc(C(F)F)nn1-c1ccc(NC(=O)c2c(F)cccc2F)cn1. The maximum Gasteiger partial charge on any atom is 0.282 e. The van der Waals surface area contributed by atoms with Crippen molar-refractivity contribution in [3.8, 4) is 5.82 Å². The molecule has 9 nitrogen and oxygen atoms in total. The van der Waals surface area contributed by atoms with Crippen LogP contribution in [0.25, 0.3) is 5.82 Å². The molecule has 0 spiro atoms. The molecule has 33 heavy (non-hydrogen) atoms. The van der Waals surface area contributed by atoms with Gasteiger partial charge in [-0.05, 0) is 30.3 Å². The highest BCUT2D eigenvalue weighted by Gasteiger charge is 2.22. The van der Waals surface area contributed by atoms with E-state index in [-0.39, 0.29) is 23.1 Å². The molecule has 13 heteroatoms. The van der Waals surface area contributed by atoms with Gasteiger partial charge in [0.25, 0.3) is 18.2 Å². The van der Waals surface area contributed by atoms with E-state index in [1.807, 2.05) is 0 Å². The van der Waals surface area contributed by atoms with Crippen molar-refractivity contribution in [3.05, 3.63) is 71.2 Å². The van der Waals surface area contributed by atoms with Crippen LogP contribution in [0.15, 0.2) is 47.7 Å². The van der Waals surface area contributed by atoms with Gasteiger partial charge in [0.05, 0.1) is 19.0 Å². The molecule has 3 aromatic rings. The van der Waals surface area contributed by atoms with Crippen LogP contribution in [0.5, 0.6) is 0 Å². The maximum atomic E-state index is 13.8. The largest absolute Gasteiger partial charge is 0.478 e. The van der Waals surface area contributed by atoms with Gasteiger partial charge in [-0.3, -0.25) is 9.59 Å². The Morgan fingerprint density at radius 2 is 1.94 bits per heavy atom. The van der Waals surface area contributed by atoms with Gasteiger partial charge >= 0.3 is 0 Å². The van der Waals surface area contributed by atoms with Crippen molar-refractivity contribution >= 4 is 23.9 Å². The average Bonchev–Trinajstić information content (AvgIpc) is 3.23. The number of hydrazone groups is 1. The van der Waals surface area contributed by atoms with Crippen LogP contribution in [0.2, 0.25) is 0 Å². The summed E-state index contributed by atoms with van der Waals surface area (Å²) in [5.41, 5.74) is -1.31. The molecular weight excluding hydrogens is 448 g/mol. The topological polar surface area (TPSA) is 102 Å². The van der Waals surface area contributed by atoms with Crippen LogP contribution < -0.4 is 5.32 Å². The number of pyridine rings is 1. The number of carbonyl (C=O) groups is 2. The highest BCUT2D eigenvalue weighted by atomic mass is 19.3. The number of alkyl halides is 2. The molecule has 0 radical (unpaired) electrons. The van der Waals surface area contributed by atoms with Crippen LogP contribution in [0.4, 0.5) is 23.2 Å². The summed E-state index contributed by atoms with van der Waals surface area (Å²) in [6, 6.07) is 6.66. The smallest absolute Gasteiger partial charge is 0.282 e. The second-order valence-corrected chi connectivity index (χ2v) is 6.41. The van der Waals surface area contributed by atoms with E-state index in [0.717, 1.165) is 40.2 Å². The first-order chi connectivity index (χ1) is 15.7. The Hall–Kier alpha value is -4.29. The zero-order valence-corrected chi connectivity index (χ0v) is 17.2. The Morgan fingerprint density at radius 1 is 1.24 bits per heavy atom. The van der Waals surface area contributed by atoms with E-state index >= 15 is 0 Å². The number of aromatic nitrogens is 3. The number of anilines is 1. The van der Waals surface area contributed by atoms with E-state index in [2.05, 4.69) is 20.5 Å². The fourth-order valence-corrected chi connectivity index (χ4v) is 2.69. The van der Waals surface area contributed by atoms with Gasteiger partial charge in [0.2, 0.25) is 6.41 Å². The van der Waals surface area contributed by atoms with E-state index in [1.165, 1.54) is 26.3 Å². The second kappa shape index (κ2) is 9.89. The van der Waals surface area contributed by atoms with Crippen LogP contribution >= 0.6 is 0 Å². The average molecular weight is 464 g/mol. The fraction of sp³-hybridized carbons (Fsp3) is 0.150. The molecule has 0 aliphatic carbocycles. The highest BCUT2D eigenvalue weighted by molar-refractivity contribution is 6.04. The van der Waals surface area contributed by atoms with Crippen molar-refractivity contribution < 1.29 is 31.9 Å². The lowest BCUT2D eigenvalue weighted by Crippen LogP contribution is -2.18. The number of halogens is 4. The van der Waals surface area contributed by atoms with E-state index in [9.17, 15) is 27.2 Å². The Balaban J connectivity index is 1.94. The monoisotopic (exact) mass is 464 g/mol. The molecule has 0 aliphatic rings. The standard InChI is InChI=1S/C20H16F4N6O3/c1-29(10-31)28-20(33-2)15-8-14(18(23)24)27-30(15)16-7-6-11(9-25-16)26-19(32)17-12(21)4-3-5-13(17)22/h3-10,18H,1-2H3,(H,26,32)/b28-20-. The van der Waals surface area contributed by atoms with Gasteiger partial charge in [-0.2, -0.15) is 5.10 Å². The van der Waals surface area contributed by atoms with Crippen LogP contribution in [-0.2, 0) is 9.53 Å². The third-order valence-electron chi connectivity index (χ3n) is 4.18. The predicted molar refractivity (Wildman–Crippen MR) is 108 cm³/mol. The molecule has 0 unspecified atom stereocenters. The molecule has 2 heterocycles. The zero-order chi connectivity index (χ0) is 24.1. The molecule has 1 aromatic carbocycles. The number of nitrogens with zero attached hydrogens (tertiary/aromatic N) is 5. The third-order valence-corrected chi connectivity index (χ3v) is 4.18. The minimum Gasteiger partial charge on any atom is -0.478 e. The Labute approximate surface area is 184 Å². The first-order valence-corrected chi connectivity index (χ1v) is 9.16. The summed E-state index contributed by atoms with van der Waals surface area (Å²) in [7, 11) is 2.54. The number of amides is 2. The number of rotatable bonds is 7. The van der Waals surface area contributed by atoms with Crippen molar-refractivity contribution in [2.24, 2.45) is 5.10 Å².